The summed E-state index contributed by atoms with van der Waals surface area (Å²) < 4.78 is 7.56. The van der Waals surface area contributed by atoms with Crippen molar-refractivity contribution in [2.24, 2.45) is 0 Å². The Hall–Kier alpha value is -2.67. The molecule has 1 atom stereocenters. The topological polar surface area (TPSA) is 80.0 Å². The van der Waals surface area contributed by atoms with Crippen molar-refractivity contribution in [3.05, 3.63) is 63.0 Å². The summed E-state index contributed by atoms with van der Waals surface area (Å²) in [5, 5.41) is 3.58. The van der Waals surface area contributed by atoms with E-state index in [1.165, 1.54) is 0 Å². The summed E-state index contributed by atoms with van der Waals surface area (Å²) in [4.78, 5) is 27.8. The second kappa shape index (κ2) is 9.01. The van der Waals surface area contributed by atoms with Gasteiger partial charge in [0.05, 0.1) is 16.9 Å². The number of hydrogen-bond acceptors (Lipinski definition) is 4. The Bertz CT molecular complexity index is 1080. The lowest BCUT2D eigenvalue weighted by Gasteiger charge is -2.11. The van der Waals surface area contributed by atoms with Crippen molar-refractivity contribution < 1.29 is 9.21 Å². The van der Waals surface area contributed by atoms with Gasteiger partial charge in [0.1, 0.15) is 11.5 Å². The van der Waals surface area contributed by atoms with Gasteiger partial charge < -0.3 is 14.7 Å². The highest BCUT2D eigenvalue weighted by molar-refractivity contribution is 7.71. The minimum absolute atomic E-state index is 0.00159. The SMILES string of the molecule is Cc1ccc(C(C)NC(=O)CCCCCn2c(=S)[nH]c3ccccc3c2=O)o1. The number of nitrogens with one attached hydrogen (secondary N) is 2. The van der Waals surface area contributed by atoms with Crippen LogP contribution in [-0.4, -0.2) is 15.5 Å². The Balaban J connectivity index is 1.46. The number of carbonyl (C=O) groups is 1. The number of aromatic nitrogens is 2. The molecule has 148 valence electrons. The van der Waals surface area contributed by atoms with E-state index in [4.69, 9.17) is 16.6 Å². The third kappa shape index (κ3) is 4.78. The zero-order valence-corrected chi connectivity index (χ0v) is 17.0. The van der Waals surface area contributed by atoms with E-state index in [0.29, 0.717) is 23.1 Å². The molecule has 0 aliphatic carbocycles. The molecule has 0 saturated carbocycles. The van der Waals surface area contributed by atoms with Crippen molar-refractivity contribution in [2.75, 3.05) is 0 Å². The van der Waals surface area contributed by atoms with Crippen LogP contribution in [0.2, 0.25) is 0 Å². The van der Waals surface area contributed by atoms with E-state index in [1.807, 2.05) is 44.2 Å². The number of furan rings is 1. The van der Waals surface area contributed by atoms with E-state index in [1.54, 1.807) is 10.6 Å². The predicted molar refractivity (Wildman–Crippen MR) is 112 cm³/mol. The summed E-state index contributed by atoms with van der Waals surface area (Å²) >= 11 is 5.32. The number of hydrogen-bond donors (Lipinski definition) is 2. The Morgan fingerprint density at radius 2 is 2.00 bits per heavy atom. The highest BCUT2D eigenvalue weighted by atomic mass is 32.1. The van der Waals surface area contributed by atoms with Crippen molar-refractivity contribution in [3.63, 3.8) is 0 Å². The average Bonchev–Trinajstić information content (AvgIpc) is 3.10. The lowest BCUT2D eigenvalue weighted by molar-refractivity contribution is -0.122. The summed E-state index contributed by atoms with van der Waals surface area (Å²) in [5.41, 5.74) is 0.686. The molecule has 1 amide bonds. The first-order valence-corrected chi connectivity index (χ1v) is 9.94. The minimum atomic E-state index is -0.143. The Morgan fingerprint density at radius 3 is 2.75 bits per heavy atom. The second-order valence-electron chi connectivity index (χ2n) is 6.98. The molecule has 1 unspecified atom stereocenters. The molecule has 0 spiro atoms. The molecular formula is C21H25N3O3S. The molecule has 0 saturated heterocycles. The van der Waals surface area contributed by atoms with Crippen LogP contribution in [0.4, 0.5) is 0 Å². The van der Waals surface area contributed by atoms with Crippen LogP contribution < -0.4 is 10.9 Å². The number of rotatable bonds is 8. The number of unbranched alkanes of at least 4 members (excludes halogenated alkanes) is 2. The van der Waals surface area contributed by atoms with Crippen LogP contribution >= 0.6 is 12.2 Å². The monoisotopic (exact) mass is 399 g/mol. The van der Waals surface area contributed by atoms with Gasteiger partial charge in [0.2, 0.25) is 5.91 Å². The van der Waals surface area contributed by atoms with Crippen LogP contribution in [0.3, 0.4) is 0 Å². The van der Waals surface area contributed by atoms with Crippen LogP contribution in [0.25, 0.3) is 10.9 Å². The van der Waals surface area contributed by atoms with Crippen molar-refractivity contribution in [1.29, 1.82) is 0 Å². The molecule has 2 N–H and O–H groups in total. The van der Waals surface area contributed by atoms with Crippen molar-refractivity contribution in [2.45, 2.75) is 52.1 Å². The molecule has 3 aromatic rings. The smallest absolute Gasteiger partial charge is 0.262 e. The van der Waals surface area contributed by atoms with E-state index < -0.39 is 0 Å². The number of carbonyl (C=O) groups excluding carboxylic acids is 1. The maximum Gasteiger partial charge on any atom is 0.262 e. The zero-order chi connectivity index (χ0) is 20.1. The fourth-order valence-electron chi connectivity index (χ4n) is 3.21. The summed E-state index contributed by atoms with van der Waals surface area (Å²) in [6.07, 6.45) is 2.84. The number of nitrogens with zero attached hydrogens (tertiary/aromatic N) is 1. The molecule has 0 bridgehead atoms. The summed E-state index contributed by atoms with van der Waals surface area (Å²) in [6, 6.07) is 11.0. The standard InChI is InChI=1S/C21H25N3O3S/c1-14-11-12-18(27-14)15(2)22-19(25)10-4-3-7-13-24-20(26)16-8-5-6-9-17(16)23-21(24)28/h5-6,8-9,11-12,15H,3-4,7,10,13H2,1-2H3,(H,22,25)(H,23,28). The molecule has 0 aliphatic heterocycles. The fourth-order valence-corrected chi connectivity index (χ4v) is 3.49. The first-order valence-electron chi connectivity index (χ1n) is 9.53. The largest absolute Gasteiger partial charge is 0.464 e. The Morgan fingerprint density at radius 1 is 1.21 bits per heavy atom. The zero-order valence-electron chi connectivity index (χ0n) is 16.2. The number of aryl methyl sites for hydroxylation is 1. The van der Waals surface area contributed by atoms with E-state index in [2.05, 4.69) is 10.3 Å². The normalized spacial score (nSPS) is 12.2. The quantitative estimate of drug-likeness (QED) is 0.435. The predicted octanol–water partition coefficient (Wildman–Crippen LogP) is 4.40. The van der Waals surface area contributed by atoms with Crippen molar-refractivity contribution in [3.8, 4) is 0 Å². The summed E-state index contributed by atoms with van der Waals surface area (Å²) in [6.45, 7) is 4.33. The number of aromatic amines is 1. The molecule has 0 fully saturated rings. The molecule has 2 aromatic heterocycles. The molecule has 28 heavy (non-hydrogen) atoms. The molecular weight excluding hydrogens is 374 g/mol. The first kappa shape index (κ1) is 20.1. The van der Waals surface area contributed by atoms with Gasteiger partial charge in [-0.05, 0) is 63.2 Å². The van der Waals surface area contributed by atoms with Crippen LogP contribution in [0.5, 0.6) is 0 Å². The third-order valence-electron chi connectivity index (χ3n) is 4.74. The second-order valence-corrected chi connectivity index (χ2v) is 7.37. The van der Waals surface area contributed by atoms with Crippen LogP contribution in [0, 0.1) is 11.7 Å². The van der Waals surface area contributed by atoms with Crippen LogP contribution in [0.15, 0.2) is 45.6 Å². The van der Waals surface area contributed by atoms with Gasteiger partial charge in [-0.2, -0.15) is 0 Å². The van der Waals surface area contributed by atoms with Gasteiger partial charge in [-0.25, -0.2) is 0 Å². The van der Waals surface area contributed by atoms with Gasteiger partial charge >= 0.3 is 0 Å². The molecule has 7 heteroatoms. The highest BCUT2D eigenvalue weighted by Gasteiger charge is 2.12. The maximum absolute atomic E-state index is 12.6. The van der Waals surface area contributed by atoms with E-state index in [-0.39, 0.29) is 17.5 Å². The molecule has 0 radical (unpaired) electrons. The van der Waals surface area contributed by atoms with Gasteiger partial charge in [0.15, 0.2) is 4.77 Å². The number of H-pyrrole nitrogens is 1. The lowest BCUT2D eigenvalue weighted by Crippen LogP contribution is -2.26. The van der Waals surface area contributed by atoms with Crippen LogP contribution in [-0.2, 0) is 11.3 Å². The molecule has 6 nitrogen and oxygen atoms in total. The number of benzene rings is 1. The third-order valence-corrected chi connectivity index (χ3v) is 5.06. The van der Waals surface area contributed by atoms with Gasteiger partial charge in [-0.15, -0.1) is 0 Å². The number of amides is 1. The molecule has 2 heterocycles. The fraction of sp³-hybridized carbons (Fsp3) is 0.381. The Labute approximate surface area is 168 Å². The minimum Gasteiger partial charge on any atom is -0.464 e. The van der Waals surface area contributed by atoms with Gasteiger partial charge in [-0.3, -0.25) is 14.2 Å². The highest BCUT2D eigenvalue weighted by Crippen LogP contribution is 2.16. The molecule has 1 aromatic carbocycles. The van der Waals surface area contributed by atoms with Crippen LogP contribution in [0.1, 0.15) is 50.2 Å². The van der Waals surface area contributed by atoms with Gasteiger partial charge in [-0.1, -0.05) is 18.6 Å². The van der Waals surface area contributed by atoms with Crippen molar-refractivity contribution in [1.82, 2.24) is 14.9 Å². The van der Waals surface area contributed by atoms with E-state index in [9.17, 15) is 9.59 Å². The summed E-state index contributed by atoms with van der Waals surface area (Å²) in [7, 11) is 0. The molecule has 0 aliphatic rings. The van der Waals surface area contributed by atoms with Gasteiger partial charge in [0.25, 0.3) is 5.56 Å². The maximum atomic E-state index is 12.6. The average molecular weight is 400 g/mol. The first-order chi connectivity index (χ1) is 13.5. The van der Waals surface area contributed by atoms with Crippen molar-refractivity contribution >= 4 is 29.0 Å². The van der Waals surface area contributed by atoms with E-state index in [0.717, 1.165) is 36.3 Å². The lowest BCUT2D eigenvalue weighted by atomic mass is 10.1. The van der Waals surface area contributed by atoms with E-state index >= 15 is 0 Å². The number of fused-ring (bicyclic) bond motifs is 1. The summed E-state index contributed by atoms with van der Waals surface area (Å²) in [5.74, 6) is 1.59. The Kier molecular flexibility index (Phi) is 6.46. The van der Waals surface area contributed by atoms with Gasteiger partial charge in [0, 0.05) is 13.0 Å². The molecule has 3 rings (SSSR count). The number of para-hydroxylation sites is 1.